The highest BCUT2D eigenvalue weighted by Crippen LogP contribution is 2.46. The number of carbonyl (C=O) groups is 1. The molecule has 4 rings (SSSR count). The van der Waals surface area contributed by atoms with Gasteiger partial charge >= 0.3 is 5.97 Å². The van der Waals surface area contributed by atoms with Gasteiger partial charge in [-0.1, -0.05) is 44.0 Å². The van der Waals surface area contributed by atoms with Crippen LogP contribution in [0.4, 0.5) is 15.8 Å². The number of anilines is 2. The molecule has 178 valence electrons. The molecule has 34 heavy (non-hydrogen) atoms. The molecule has 1 atom stereocenters. The van der Waals surface area contributed by atoms with E-state index in [4.69, 9.17) is 0 Å². The molecule has 1 aliphatic heterocycles. The summed E-state index contributed by atoms with van der Waals surface area (Å²) < 4.78 is 16.9. The van der Waals surface area contributed by atoms with E-state index in [0.717, 1.165) is 46.1 Å². The van der Waals surface area contributed by atoms with Crippen molar-refractivity contribution in [1.82, 2.24) is 4.31 Å². The Morgan fingerprint density at radius 1 is 1.18 bits per heavy atom. The number of benzene rings is 3. The van der Waals surface area contributed by atoms with Gasteiger partial charge in [0.1, 0.15) is 5.82 Å². The van der Waals surface area contributed by atoms with E-state index in [1.54, 1.807) is 29.8 Å². The maximum Gasteiger partial charge on any atom is 0.338 e. The second-order valence-corrected chi connectivity index (χ2v) is 10.4. The predicted octanol–water partition coefficient (Wildman–Crippen LogP) is 7.56. The first-order valence-electron chi connectivity index (χ1n) is 11.4. The minimum absolute atomic E-state index is 0.313. The maximum absolute atomic E-state index is 14.5. The monoisotopic (exact) mass is 496 g/mol. The smallest absolute Gasteiger partial charge is 0.338 e. The topological polar surface area (TPSA) is 43.8 Å². The third-order valence-electron chi connectivity index (χ3n) is 6.19. The van der Waals surface area contributed by atoms with Gasteiger partial charge in [0.25, 0.3) is 0 Å². The van der Waals surface area contributed by atoms with Crippen molar-refractivity contribution in [3.05, 3.63) is 72.0 Å². The molecule has 1 heterocycles. The van der Waals surface area contributed by atoms with E-state index in [9.17, 15) is 14.3 Å². The third-order valence-corrected chi connectivity index (χ3v) is 8.08. The fraction of sp³-hybridized carbons (Fsp3) is 0.296. The number of para-hydroxylation sites is 1. The van der Waals surface area contributed by atoms with Crippen LogP contribution in [-0.4, -0.2) is 41.3 Å². The molecule has 0 fully saturated rings. The van der Waals surface area contributed by atoms with Gasteiger partial charge in [-0.2, -0.15) is 0 Å². The van der Waals surface area contributed by atoms with Crippen LogP contribution in [0.3, 0.4) is 0 Å². The summed E-state index contributed by atoms with van der Waals surface area (Å²) in [5.41, 5.74) is 3.56. The lowest BCUT2D eigenvalue weighted by molar-refractivity contribution is 0.0692. The van der Waals surface area contributed by atoms with E-state index in [0.29, 0.717) is 11.6 Å². The van der Waals surface area contributed by atoms with Crippen LogP contribution < -0.4 is 4.90 Å². The number of halogens is 1. The minimum atomic E-state index is -1.26. The molecular formula is C27H29FN2O2S2. The molecule has 1 unspecified atom stereocenters. The molecule has 0 bridgehead atoms. The fourth-order valence-corrected chi connectivity index (χ4v) is 5.99. The Bertz CT molecular complexity index is 1170. The Morgan fingerprint density at radius 2 is 1.94 bits per heavy atom. The molecule has 0 saturated carbocycles. The van der Waals surface area contributed by atoms with Gasteiger partial charge in [0.2, 0.25) is 0 Å². The summed E-state index contributed by atoms with van der Waals surface area (Å²) >= 11 is 3.34. The molecular weight excluding hydrogens is 467 g/mol. The van der Waals surface area contributed by atoms with E-state index in [1.807, 2.05) is 12.3 Å². The molecule has 3 aromatic carbocycles. The Kier molecular flexibility index (Phi) is 7.86. The number of thioether (sulfide) groups is 1. The summed E-state index contributed by atoms with van der Waals surface area (Å²) in [7, 11) is 2.15. The largest absolute Gasteiger partial charge is 0.478 e. The zero-order valence-electron chi connectivity index (χ0n) is 19.6. The average molecular weight is 497 g/mol. The van der Waals surface area contributed by atoms with Crippen LogP contribution in [0, 0.1) is 5.82 Å². The van der Waals surface area contributed by atoms with Crippen molar-refractivity contribution in [2.45, 2.75) is 42.0 Å². The fourth-order valence-electron chi connectivity index (χ4n) is 4.30. The van der Waals surface area contributed by atoms with E-state index < -0.39 is 11.8 Å². The molecule has 1 N–H and O–H groups in total. The van der Waals surface area contributed by atoms with Crippen molar-refractivity contribution < 1.29 is 14.3 Å². The summed E-state index contributed by atoms with van der Waals surface area (Å²) in [4.78, 5) is 15.8. The highest BCUT2D eigenvalue weighted by Gasteiger charge is 2.28. The molecule has 0 amide bonds. The lowest BCUT2D eigenvalue weighted by atomic mass is 10.0. The lowest BCUT2D eigenvalue weighted by Crippen LogP contribution is -2.35. The molecule has 0 radical (unpaired) electrons. The van der Waals surface area contributed by atoms with Gasteiger partial charge in [-0.25, -0.2) is 13.5 Å². The van der Waals surface area contributed by atoms with Crippen molar-refractivity contribution in [2.75, 3.05) is 24.7 Å². The number of carboxylic acids is 1. The van der Waals surface area contributed by atoms with Crippen molar-refractivity contribution in [3.8, 4) is 11.1 Å². The van der Waals surface area contributed by atoms with Crippen LogP contribution in [-0.2, 0) is 0 Å². The average Bonchev–Trinajstić information content (AvgIpc) is 2.97. The Morgan fingerprint density at radius 3 is 2.59 bits per heavy atom. The second kappa shape index (κ2) is 10.8. The molecule has 7 heteroatoms. The van der Waals surface area contributed by atoms with E-state index in [-0.39, 0.29) is 5.56 Å². The molecule has 0 saturated heterocycles. The van der Waals surface area contributed by atoms with Crippen LogP contribution in [0.1, 0.15) is 36.5 Å². The standard InChI is InChI=1S/C27H29FN2O2S2/c1-4-5-9-20-17-30(19-10-7-6-8-11-19)24-16-25(33-3)22(15-26(24)34-29(20)2)18-12-13-21(27(31)32)23(28)14-18/h6-8,10-16,20H,4-5,9,17H2,1-3H3,(H,31,32). The van der Waals surface area contributed by atoms with Crippen molar-refractivity contribution >= 4 is 41.1 Å². The second-order valence-electron chi connectivity index (χ2n) is 8.40. The first-order chi connectivity index (χ1) is 16.4. The van der Waals surface area contributed by atoms with Crippen molar-refractivity contribution in [2.24, 2.45) is 0 Å². The van der Waals surface area contributed by atoms with Crippen molar-refractivity contribution in [1.29, 1.82) is 0 Å². The van der Waals surface area contributed by atoms with E-state index in [1.165, 1.54) is 18.6 Å². The summed E-state index contributed by atoms with van der Waals surface area (Å²) in [6.45, 7) is 3.11. The molecule has 0 spiro atoms. The van der Waals surface area contributed by atoms with Gasteiger partial charge in [-0.05, 0) is 79.2 Å². The van der Waals surface area contributed by atoms with Crippen LogP contribution in [0.25, 0.3) is 11.1 Å². The normalized spacial score (nSPS) is 16.2. The number of hydrogen-bond acceptors (Lipinski definition) is 5. The summed E-state index contributed by atoms with van der Waals surface area (Å²) in [5, 5.41) is 9.21. The van der Waals surface area contributed by atoms with Gasteiger partial charge < -0.3 is 10.0 Å². The number of hydrogen-bond donors (Lipinski definition) is 1. The predicted molar refractivity (Wildman–Crippen MR) is 141 cm³/mol. The number of aromatic carboxylic acids is 1. The SMILES string of the molecule is CCCCC1CN(c2ccccc2)c2cc(SC)c(-c3ccc(C(=O)O)c(F)c3)cc2SN1C. The van der Waals surface area contributed by atoms with Gasteiger partial charge in [0.15, 0.2) is 0 Å². The van der Waals surface area contributed by atoms with E-state index >= 15 is 0 Å². The van der Waals surface area contributed by atoms with Gasteiger partial charge in [-0.3, -0.25) is 0 Å². The number of fused-ring (bicyclic) bond motifs is 1. The molecule has 0 aliphatic carbocycles. The highest BCUT2D eigenvalue weighted by atomic mass is 32.2. The number of carboxylic acid groups (broad SMARTS) is 1. The molecule has 3 aromatic rings. The number of unbranched alkanes of at least 4 members (excludes halogenated alkanes) is 1. The number of likely N-dealkylation sites (N-methyl/N-ethyl adjacent to an activating group) is 1. The number of rotatable bonds is 7. The maximum atomic E-state index is 14.5. The van der Waals surface area contributed by atoms with Gasteiger partial charge in [0, 0.05) is 28.1 Å². The quantitative estimate of drug-likeness (QED) is 0.269. The first-order valence-corrected chi connectivity index (χ1v) is 13.4. The summed E-state index contributed by atoms with van der Waals surface area (Å²) in [6.07, 6.45) is 5.46. The van der Waals surface area contributed by atoms with Gasteiger partial charge in [0.05, 0.1) is 11.3 Å². The Hall–Kier alpha value is -2.48. The third kappa shape index (κ3) is 5.11. The van der Waals surface area contributed by atoms with Crippen LogP contribution in [0.2, 0.25) is 0 Å². The summed E-state index contributed by atoms with van der Waals surface area (Å²) in [6, 6.07) is 19.5. The van der Waals surface area contributed by atoms with E-state index in [2.05, 4.69) is 59.6 Å². The summed E-state index contributed by atoms with van der Waals surface area (Å²) in [5.74, 6) is -1.98. The zero-order chi connectivity index (χ0) is 24.2. The van der Waals surface area contributed by atoms with Gasteiger partial charge in [-0.15, -0.1) is 11.8 Å². The van der Waals surface area contributed by atoms with Crippen LogP contribution in [0.5, 0.6) is 0 Å². The molecule has 1 aliphatic rings. The number of nitrogens with zero attached hydrogens (tertiary/aromatic N) is 2. The highest BCUT2D eigenvalue weighted by molar-refractivity contribution is 7.98. The first kappa shape index (κ1) is 24.6. The molecule has 4 nitrogen and oxygen atoms in total. The molecule has 0 aromatic heterocycles. The lowest BCUT2D eigenvalue weighted by Gasteiger charge is -2.30. The van der Waals surface area contributed by atoms with Crippen LogP contribution >= 0.6 is 23.7 Å². The van der Waals surface area contributed by atoms with Crippen molar-refractivity contribution in [3.63, 3.8) is 0 Å². The minimum Gasteiger partial charge on any atom is -0.478 e. The Balaban J connectivity index is 1.84. The Labute approximate surface area is 209 Å². The van der Waals surface area contributed by atoms with Crippen LogP contribution in [0.15, 0.2) is 70.5 Å². The zero-order valence-corrected chi connectivity index (χ0v) is 21.3.